The van der Waals surface area contributed by atoms with Crippen LogP contribution in [0.3, 0.4) is 0 Å². The summed E-state index contributed by atoms with van der Waals surface area (Å²) in [5.41, 5.74) is 3.05. The third-order valence-corrected chi connectivity index (χ3v) is 3.30. The number of carbonyl (C=O) groups excluding carboxylic acids is 2. The van der Waals surface area contributed by atoms with Crippen LogP contribution in [-0.4, -0.2) is 31.3 Å². The summed E-state index contributed by atoms with van der Waals surface area (Å²) < 4.78 is 11.1. The molecule has 0 aliphatic carbocycles. The van der Waals surface area contributed by atoms with Gasteiger partial charge in [0.2, 0.25) is 0 Å². The Bertz CT molecular complexity index is 762. The molecule has 25 heavy (non-hydrogen) atoms. The van der Waals surface area contributed by atoms with Crippen molar-refractivity contribution < 1.29 is 24.2 Å². The monoisotopic (exact) mass is 405 g/mol. The van der Waals surface area contributed by atoms with Crippen molar-refractivity contribution >= 4 is 34.0 Å². The molecule has 2 aromatic carbocycles. The molecule has 2 rings (SSSR count). The van der Waals surface area contributed by atoms with E-state index in [4.69, 9.17) is 9.47 Å². The van der Waals surface area contributed by atoms with Gasteiger partial charge in [-0.2, -0.15) is 5.10 Å². The Labute approximate surface area is 152 Å². The first kappa shape index (κ1) is 18.5. The van der Waals surface area contributed by atoms with E-state index in [9.17, 15) is 14.7 Å². The summed E-state index contributed by atoms with van der Waals surface area (Å²) >= 11 is 3.31. The first-order valence-corrected chi connectivity index (χ1v) is 7.95. The maximum Gasteiger partial charge on any atom is 0.277 e. The minimum Gasteiger partial charge on any atom is -0.546 e. The van der Waals surface area contributed by atoms with Crippen LogP contribution in [0.15, 0.2) is 58.1 Å². The second kappa shape index (κ2) is 9.43. The zero-order valence-corrected chi connectivity index (χ0v) is 14.6. The van der Waals surface area contributed by atoms with Crippen LogP contribution in [0, 0.1) is 0 Å². The molecule has 8 heteroatoms. The molecule has 0 fully saturated rings. The Morgan fingerprint density at radius 2 is 1.80 bits per heavy atom. The van der Waals surface area contributed by atoms with E-state index in [2.05, 4.69) is 26.5 Å². The number of amides is 1. The summed E-state index contributed by atoms with van der Waals surface area (Å²) in [6, 6.07) is 13.6. The Hall–Kier alpha value is -2.87. The Balaban J connectivity index is 1.76. The van der Waals surface area contributed by atoms with Crippen molar-refractivity contribution in [3.05, 3.63) is 58.6 Å². The van der Waals surface area contributed by atoms with E-state index in [1.165, 1.54) is 6.21 Å². The highest BCUT2D eigenvalue weighted by atomic mass is 79.9. The third kappa shape index (κ3) is 7.05. The van der Waals surface area contributed by atoms with Gasteiger partial charge in [0.1, 0.15) is 18.1 Å². The van der Waals surface area contributed by atoms with Crippen molar-refractivity contribution in [1.29, 1.82) is 0 Å². The maximum absolute atomic E-state index is 11.7. The van der Waals surface area contributed by atoms with Gasteiger partial charge in [0, 0.05) is 4.47 Å². The number of halogens is 1. The molecule has 0 spiro atoms. The van der Waals surface area contributed by atoms with Crippen molar-refractivity contribution in [2.75, 3.05) is 13.2 Å². The van der Waals surface area contributed by atoms with Crippen molar-refractivity contribution in [3.8, 4) is 11.5 Å². The van der Waals surface area contributed by atoms with Gasteiger partial charge in [-0.15, -0.1) is 0 Å². The van der Waals surface area contributed by atoms with E-state index >= 15 is 0 Å². The number of hydrazone groups is 1. The average molecular weight is 406 g/mol. The van der Waals surface area contributed by atoms with Gasteiger partial charge in [-0.25, -0.2) is 5.43 Å². The molecule has 1 amide bonds. The number of carboxylic acid groups (broad SMARTS) is 1. The van der Waals surface area contributed by atoms with Gasteiger partial charge in [-0.3, -0.25) is 4.79 Å². The molecule has 2 aromatic rings. The van der Waals surface area contributed by atoms with Crippen LogP contribution in [0.2, 0.25) is 0 Å². The van der Waals surface area contributed by atoms with Gasteiger partial charge in [0.15, 0.2) is 6.61 Å². The predicted molar refractivity (Wildman–Crippen MR) is 92.3 cm³/mol. The van der Waals surface area contributed by atoms with Crippen molar-refractivity contribution in [2.24, 2.45) is 5.10 Å². The normalized spacial score (nSPS) is 10.4. The number of hydrogen-bond donors (Lipinski definition) is 1. The minimum absolute atomic E-state index is 0.163. The average Bonchev–Trinajstić information content (AvgIpc) is 2.59. The zero-order valence-electron chi connectivity index (χ0n) is 13.0. The van der Waals surface area contributed by atoms with E-state index in [1.807, 2.05) is 6.07 Å². The van der Waals surface area contributed by atoms with Crippen LogP contribution in [0.1, 0.15) is 5.56 Å². The minimum atomic E-state index is -1.29. The van der Waals surface area contributed by atoms with Gasteiger partial charge in [-0.1, -0.05) is 22.0 Å². The lowest BCUT2D eigenvalue weighted by Crippen LogP contribution is -2.28. The first-order valence-electron chi connectivity index (χ1n) is 7.16. The van der Waals surface area contributed by atoms with Gasteiger partial charge in [-0.05, 0) is 48.0 Å². The molecule has 0 aromatic heterocycles. The first-order chi connectivity index (χ1) is 12.0. The largest absolute Gasteiger partial charge is 0.546 e. The zero-order chi connectivity index (χ0) is 18.1. The highest BCUT2D eigenvalue weighted by molar-refractivity contribution is 9.10. The SMILES string of the molecule is O=C([O-])COc1ccc(/C=N\NC(=O)COc2cccc(Br)c2)cc1. The summed E-state index contributed by atoms with van der Waals surface area (Å²) in [6.07, 6.45) is 1.44. The number of benzene rings is 2. The van der Waals surface area contributed by atoms with Crippen molar-refractivity contribution in [1.82, 2.24) is 5.43 Å². The smallest absolute Gasteiger partial charge is 0.277 e. The molecule has 0 saturated carbocycles. The fraction of sp³-hybridized carbons (Fsp3) is 0.118. The quantitative estimate of drug-likeness (QED) is 0.523. The number of hydrogen-bond acceptors (Lipinski definition) is 6. The number of rotatable bonds is 8. The molecule has 0 saturated heterocycles. The van der Waals surface area contributed by atoms with Crippen LogP contribution >= 0.6 is 15.9 Å². The van der Waals surface area contributed by atoms with Crippen LogP contribution < -0.4 is 20.0 Å². The molecule has 1 N–H and O–H groups in total. The van der Waals surface area contributed by atoms with E-state index in [0.717, 1.165) is 4.47 Å². The fourth-order valence-electron chi connectivity index (χ4n) is 1.71. The standard InChI is InChI=1S/C17H15BrN2O5/c18-13-2-1-3-15(8-13)24-10-16(21)20-19-9-12-4-6-14(7-5-12)25-11-17(22)23/h1-9H,10-11H2,(H,20,21)(H,22,23)/p-1/b19-9-. The fourth-order valence-corrected chi connectivity index (χ4v) is 2.09. The number of carbonyl (C=O) groups is 2. The molecule has 0 radical (unpaired) electrons. The third-order valence-electron chi connectivity index (χ3n) is 2.81. The van der Waals surface area contributed by atoms with Crippen molar-refractivity contribution in [2.45, 2.75) is 0 Å². The molecule has 0 aliphatic rings. The molecule has 7 nitrogen and oxygen atoms in total. The number of carboxylic acids is 1. The van der Waals surface area contributed by atoms with Gasteiger partial charge in [0.25, 0.3) is 5.91 Å². The van der Waals surface area contributed by atoms with Crippen LogP contribution in [0.25, 0.3) is 0 Å². The van der Waals surface area contributed by atoms with Crippen LogP contribution in [0.4, 0.5) is 0 Å². The highest BCUT2D eigenvalue weighted by Gasteiger charge is 2.01. The van der Waals surface area contributed by atoms with Crippen LogP contribution in [-0.2, 0) is 9.59 Å². The Morgan fingerprint density at radius 3 is 2.48 bits per heavy atom. The summed E-state index contributed by atoms with van der Waals surface area (Å²) in [7, 11) is 0. The van der Waals surface area contributed by atoms with Crippen molar-refractivity contribution in [3.63, 3.8) is 0 Å². The second-order valence-corrected chi connectivity index (χ2v) is 5.68. The molecule has 130 valence electrons. The van der Waals surface area contributed by atoms with Gasteiger partial charge >= 0.3 is 0 Å². The summed E-state index contributed by atoms with van der Waals surface area (Å²) in [5, 5.41) is 14.1. The summed E-state index contributed by atoms with van der Waals surface area (Å²) in [4.78, 5) is 21.9. The Kier molecular flexibility index (Phi) is 6.97. The summed E-state index contributed by atoms with van der Waals surface area (Å²) in [5.74, 6) is -0.725. The topological polar surface area (TPSA) is 100 Å². The molecule has 0 unspecified atom stereocenters. The number of nitrogens with one attached hydrogen (secondary N) is 1. The molecule has 0 atom stereocenters. The predicted octanol–water partition coefficient (Wildman–Crippen LogP) is 1.11. The van der Waals surface area contributed by atoms with E-state index in [1.54, 1.807) is 42.5 Å². The lowest BCUT2D eigenvalue weighted by atomic mass is 10.2. The van der Waals surface area contributed by atoms with E-state index < -0.39 is 18.5 Å². The maximum atomic E-state index is 11.7. The number of aliphatic carboxylic acids is 1. The number of nitrogens with zero attached hydrogens (tertiary/aromatic N) is 1. The lowest BCUT2D eigenvalue weighted by Gasteiger charge is -2.06. The number of ether oxygens (including phenoxy) is 2. The lowest BCUT2D eigenvalue weighted by molar-refractivity contribution is -0.307. The Morgan fingerprint density at radius 1 is 1.08 bits per heavy atom. The van der Waals surface area contributed by atoms with E-state index in [0.29, 0.717) is 17.1 Å². The molecular formula is C17H14BrN2O5-. The molecule has 0 aliphatic heterocycles. The second-order valence-electron chi connectivity index (χ2n) is 4.77. The molecular weight excluding hydrogens is 392 g/mol. The molecule has 0 heterocycles. The van der Waals surface area contributed by atoms with Gasteiger partial charge in [0.05, 0.1) is 12.2 Å². The highest BCUT2D eigenvalue weighted by Crippen LogP contribution is 2.17. The van der Waals surface area contributed by atoms with E-state index in [-0.39, 0.29) is 6.61 Å². The molecule has 0 bridgehead atoms. The van der Waals surface area contributed by atoms with Crippen LogP contribution in [0.5, 0.6) is 11.5 Å². The summed E-state index contributed by atoms with van der Waals surface area (Å²) in [6.45, 7) is -0.675. The van der Waals surface area contributed by atoms with Gasteiger partial charge < -0.3 is 19.4 Å².